The number of halogens is 1. The normalized spacial score (nSPS) is 9.83. The van der Waals surface area contributed by atoms with E-state index >= 15 is 0 Å². The number of rotatable bonds is 2. The van der Waals surface area contributed by atoms with E-state index in [4.69, 9.17) is 11.0 Å². The van der Waals surface area contributed by atoms with Gasteiger partial charge in [0.25, 0.3) is 0 Å². The molecule has 0 saturated heterocycles. The van der Waals surface area contributed by atoms with Crippen molar-refractivity contribution in [3.63, 3.8) is 0 Å². The van der Waals surface area contributed by atoms with Crippen LogP contribution in [0.4, 0.5) is 17.1 Å². The van der Waals surface area contributed by atoms with Crippen LogP contribution in [0.25, 0.3) is 0 Å². The Morgan fingerprint density at radius 3 is 2.56 bits per heavy atom. The van der Waals surface area contributed by atoms with E-state index in [2.05, 4.69) is 27.3 Å². The van der Waals surface area contributed by atoms with Crippen molar-refractivity contribution in [2.45, 2.75) is 6.92 Å². The Kier molecular flexibility index (Phi) is 3.54. The molecule has 0 aliphatic carbocycles. The minimum Gasteiger partial charge on any atom is -0.399 e. The predicted molar refractivity (Wildman–Crippen MR) is 77.7 cm³/mol. The molecule has 0 atom stereocenters. The zero-order valence-corrected chi connectivity index (χ0v) is 11.5. The maximum Gasteiger partial charge on any atom is 0.101 e. The molecule has 0 unspecified atom stereocenters. The predicted octanol–water partition coefficient (Wildman–Crippen LogP) is 3.96. The van der Waals surface area contributed by atoms with Gasteiger partial charge in [-0.25, -0.2) is 0 Å². The summed E-state index contributed by atoms with van der Waals surface area (Å²) in [5, 5.41) is 12.4. The second kappa shape index (κ2) is 5.11. The van der Waals surface area contributed by atoms with E-state index in [1.165, 1.54) is 0 Å². The monoisotopic (exact) mass is 301 g/mol. The zero-order chi connectivity index (χ0) is 13.1. The van der Waals surface area contributed by atoms with Gasteiger partial charge < -0.3 is 11.1 Å². The van der Waals surface area contributed by atoms with Gasteiger partial charge in [-0.1, -0.05) is 15.9 Å². The molecule has 0 aliphatic rings. The first-order valence-corrected chi connectivity index (χ1v) is 6.22. The topological polar surface area (TPSA) is 61.8 Å². The minimum atomic E-state index is 0.598. The first-order chi connectivity index (χ1) is 8.60. The summed E-state index contributed by atoms with van der Waals surface area (Å²) >= 11 is 3.35. The number of nitrogens with one attached hydrogen (secondary N) is 1. The van der Waals surface area contributed by atoms with Crippen LogP contribution < -0.4 is 11.1 Å². The van der Waals surface area contributed by atoms with E-state index in [0.717, 1.165) is 27.1 Å². The van der Waals surface area contributed by atoms with Crippen LogP contribution in [0.5, 0.6) is 0 Å². The molecule has 3 N–H and O–H groups in total. The molecule has 3 nitrogen and oxygen atoms in total. The van der Waals surface area contributed by atoms with Crippen molar-refractivity contribution in [1.82, 2.24) is 0 Å². The summed E-state index contributed by atoms with van der Waals surface area (Å²) in [7, 11) is 0. The fourth-order valence-corrected chi connectivity index (χ4v) is 2.05. The number of nitrogen functional groups attached to an aromatic ring is 1. The van der Waals surface area contributed by atoms with E-state index in [-0.39, 0.29) is 0 Å². The molecule has 0 fully saturated rings. The van der Waals surface area contributed by atoms with Crippen molar-refractivity contribution in [3.05, 3.63) is 52.0 Å². The number of anilines is 3. The Hall–Kier alpha value is -1.99. The van der Waals surface area contributed by atoms with Gasteiger partial charge in [0, 0.05) is 15.8 Å². The van der Waals surface area contributed by atoms with Crippen LogP contribution in [0.2, 0.25) is 0 Å². The molecule has 90 valence electrons. The summed E-state index contributed by atoms with van der Waals surface area (Å²) in [6.45, 7) is 1.98. The number of benzene rings is 2. The van der Waals surface area contributed by atoms with Crippen molar-refractivity contribution in [1.29, 1.82) is 5.26 Å². The van der Waals surface area contributed by atoms with E-state index < -0.39 is 0 Å². The van der Waals surface area contributed by atoms with Gasteiger partial charge in [0.2, 0.25) is 0 Å². The van der Waals surface area contributed by atoms with Crippen LogP contribution in [0.1, 0.15) is 11.1 Å². The molecule has 0 amide bonds. The van der Waals surface area contributed by atoms with Gasteiger partial charge >= 0.3 is 0 Å². The average Bonchev–Trinajstić information content (AvgIpc) is 2.34. The summed E-state index contributed by atoms with van der Waals surface area (Å²) in [4.78, 5) is 0. The third-order valence-corrected chi connectivity index (χ3v) is 3.12. The van der Waals surface area contributed by atoms with Gasteiger partial charge in [0.05, 0.1) is 11.3 Å². The van der Waals surface area contributed by atoms with Crippen LogP contribution >= 0.6 is 15.9 Å². The van der Waals surface area contributed by atoms with Gasteiger partial charge in [0.15, 0.2) is 0 Å². The van der Waals surface area contributed by atoms with E-state index in [1.807, 2.05) is 37.3 Å². The highest BCUT2D eigenvalue weighted by Crippen LogP contribution is 2.26. The van der Waals surface area contributed by atoms with Crippen molar-refractivity contribution in [3.8, 4) is 6.07 Å². The van der Waals surface area contributed by atoms with E-state index in [9.17, 15) is 0 Å². The lowest BCUT2D eigenvalue weighted by atomic mass is 10.1. The minimum absolute atomic E-state index is 0.598. The molecule has 0 saturated carbocycles. The Morgan fingerprint density at radius 1 is 1.17 bits per heavy atom. The zero-order valence-electron chi connectivity index (χ0n) is 9.87. The molecule has 0 aromatic heterocycles. The number of nitrogens with zero attached hydrogens (tertiary/aromatic N) is 1. The highest BCUT2D eigenvalue weighted by molar-refractivity contribution is 9.10. The van der Waals surface area contributed by atoms with Crippen LogP contribution in [0, 0.1) is 18.3 Å². The summed E-state index contributed by atoms with van der Waals surface area (Å²) in [5.74, 6) is 0. The maximum atomic E-state index is 9.10. The van der Waals surface area contributed by atoms with Crippen molar-refractivity contribution < 1.29 is 0 Å². The van der Waals surface area contributed by atoms with Crippen molar-refractivity contribution >= 4 is 33.0 Å². The van der Waals surface area contributed by atoms with Gasteiger partial charge in [-0.2, -0.15) is 5.26 Å². The molecule has 0 spiro atoms. The fraction of sp³-hybridized carbons (Fsp3) is 0.0714. The standard InChI is InChI=1S/C14H12BrN3/c1-9-6-12(17)3-5-13(9)18-14-4-2-11(15)7-10(14)8-16/h2-7,18H,17H2,1H3. The molecule has 18 heavy (non-hydrogen) atoms. The van der Waals surface area contributed by atoms with E-state index in [1.54, 1.807) is 6.07 Å². The lowest BCUT2D eigenvalue weighted by molar-refractivity contribution is 1.41. The molecule has 0 aliphatic heterocycles. The summed E-state index contributed by atoms with van der Waals surface area (Å²) in [6, 6.07) is 13.4. The Bertz CT molecular complexity index is 629. The van der Waals surface area contributed by atoms with Crippen molar-refractivity contribution in [2.24, 2.45) is 0 Å². The summed E-state index contributed by atoms with van der Waals surface area (Å²) in [5.41, 5.74) is 9.82. The van der Waals surface area contributed by atoms with Gasteiger partial charge in [-0.05, 0) is 48.9 Å². The number of hydrogen-bond donors (Lipinski definition) is 2. The fourth-order valence-electron chi connectivity index (χ4n) is 1.69. The second-order valence-electron chi connectivity index (χ2n) is 4.00. The molecule has 0 radical (unpaired) electrons. The maximum absolute atomic E-state index is 9.10. The number of nitrogens with two attached hydrogens (primary N) is 1. The molecular formula is C14H12BrN3. The van der Waals surface area contributed by atoms with Gasteiger partial charge in [-0.15, -0.1) is 0 Å². The molecule has 2 aromatic rings. The van der Waals surface area contributed by atoms with Crippen LogP contribution in [0.3, 0.4) is 0 Å². The molecule has 0 heterocycles. The highest BCUT2D eigenvalue weighted by atomic mass is 79.9. The SMILES string of the molecule is Cc1cc(N)ccc1Nc1ccc(Br)cc1C#N. The van der Waals surface area contributed by atoms with Crippen LogP contribution in [-0.2, 0) is 0 Å². The lowest BCUT2D eigenvalue weighted by Gasteiger charge is -2.11. The number of nitriles is 1. The first-order valence-electron chi connectivity index (χ1n) is 5.43. The lowest BCUT2D eigenvalue weighted by Crippen LogP contribution is -1.97. The van der Waals surface area contributed by atoms with E-state index in [0.29, 0.717) is 5.56 Å². The molecule has 0 bridgehead atoms. The molecule has 2 rings (SSSR count). The number of hydrogen-bond acceptors (Lipinski definition) is 3. The first kappa shape index (κ1) is 12.5. The van der Waals surface area contributed by atoms with Gasteiger partial charge in [0.1, 0.15) is 6.07 Å². The largest absolute Gasteiger partial charge is 0.399 e. The van der Waals surface area contributed by atoms with Crippen LogP contribution in [-0.4, -0.2) is 0 Å². The molecule has 4 heteroatoms. The Balaban J connectivity index is 2.37. The molecular weight excluding hydrogens is 290 g/mol. The number of aryl methyl sites for hydroxylation is 1. The summed E-state index contributed by atoms with van der Waals surface area (Å²) in [6.07, 6.45) is 0. The second-order valence-corrected chi connectivity index (χ2v) is 4.92. The molecule has 2 aromatic carbocycles. The quantitative estimate of drug-likeness (QED) is 0.826. The van der Waals surface area contributed by atoms with Crippen LogP contribution in [0.15, 0.2) is 40.9 Å². The van der Waals surface area contributed by atoms with Gasteiger partial charge in [-0.3, -0.25) is 0 Å². The third kappa shape index (κ3) is 2.63. The Labute approximate surface area is 114 Å². The summed E-state index contributed by atoms with van der Waals surface area (Å²) < 4.78 is 0.888. The third-order valence-electron chi connectivity index (χ3n) is 2.62. The average molecular weight is 302 g/mol. The Morgan fingerprint density at radius 2 is 1.89 bits per heavy atom. The van der Waals surface area contributed by atoms with Crippen molar-refractivity contribution in [2.75, 3.05) is 11.1 Å². The highest BCUT2D eigenvalue weighted by Gasteiger charge is 2.05. The smallest absolute Gasteiger partial charge is 0.101 e.